The minimum atomic E-state index is 0.240. The molecule has 1 aliphatic heterocycles. The van der Waals surface area contributed by atoms with Crippen molar-refractivity contribution in [2.45, 2.75) is 26.3 Å². The zero-order chi connectivity index (χ0) is 18.6. The third-order valence-corrected chi connectivity index (χ3v) is 4.90. The molecule has 0 aliphatic carbocycles. The first-order valence-corrected chi connectivity index (χ1v) is 9.27. The van der Waals surface area contributed by atoms with E-state index in [1.54, 1.807) is 6.20 Å². The van der Waals surface area contributed by atoms with Gasteiger partial charge >= 0.3 is 0 Å². The number of aliphatic hydroxyl groups excluding tert-OH is 1. The van der Waals surface area contributed by atoms with Crippen LogP contribution in [-0.4, -0.2) is 49.8 Å². The van der Waals surface area contributed by atoms with Crippen molar-refractivity contribution in [1.82, 2.24) is 25.0 Å². The Morgan fingerprint density at radius 3 is 2.74 bits per heavy atom. The third kappa shape index (κ3) is 4.20. The van der Waals surface area contributed by atoms with Crippen molar-refractivity contribution in [2.75, 3.05) is 19.7 Å². The molecule has 2 aromatic heterocycles. The number of benzene rings is 1. The first kappa shape index (κ1) is 17.8. The van der Waals surface area contributed by atoms with Gasteiger partial charge in [0.05, 0.1) is 12.2 Å². The van der Waals surface area contributed by atoms with E-state index in [4.69, 9.17) is 4.52 Å². The second-order valence-corrected chi connectivity index (χ2v) is 7.00. The van der Waals surface area contributed by atoms with Gasteiger partial charge in [-0.15, -0.1) is 0 Å². The van der Waals surface area contributed by atoms with Crippen LogP contribution in [0.2, 0.25) is 0 Å². The molecule has 1 saturated heterocycles. The van der Waals surface area contributed by atoms with Gasteiger partial charge in [-0.1, -0.05) is 29.4 Å². The molecule has 27 heavy (non-hydrogen) atoms. The summed E-state index contributed by atoms with van der Waals surface area (Å²) in [7, 11) is 0. The molecule has 4 rings (SSSR count). The fraction of sp³-hybridized carbons (Fsp3) is 0.400. The fourth-order valence-electron chi connectivity index (χ4n) is 3.48. The normalized spacial score (nSPS) is 17.9. The molecule has 0 saturated carbocycles. The number of aryl methyl sites for hydroxylation is 1. The highest BCUT2D eigenvalue weighted by atomic mass is 16.5. The minimum absolute atomic E-state index is 0.240. The summed E-state index contributed by atoms with van der Waals surface area (Å²) in [5.41, 5.74) is 2.83. The molecule has 0 radical (unpaired) electrons. The van der Waals surface area contributed by atoms with Gasteiger partial charge < -0.3 is 9.63 Å². The Morgan fingerprint density at radius 2 is 1.96 bits per heavy atom. The van der Waals surface area contributed by atoms with Crippen molar-refractivity contribution in [1.29, 1.82) is 0 Å². The number of aromatic nitrogens is 4. The SMILES string of the molecule is Cc1nccc(-c2ccc(-c3noc(CN4CCCC(CO)C4)n3)cc2)n1. The van der Waals surface area contributed by atoms with Gasteiger partial charge in [0.25, 0.3) is 0 Å². The molecule has 1 fully saturated rings. The lowest BCUT2D eigenvalue weighted by molar-refractivity contribution is 0.107. The Hall–Kier alpha value is -2.64. The number of piperidine rings is 1. The maximum atomic E-state index is 9.36. The number of rotatable bonds is 5. The molecule has 0 bridgehead atoms. The van der Waals surface area contributed by atoms with Crippen LogP contribution in [0.15, 0.2) is 41.1 Å². The average molecular weight is 365 g/mol. The molecular weight excluding hydrogens is 342 g/mol. The molecule has 7 nitrogen and oxygen atoms in total. The topological polar surface area (TPSA) is 88.2 Å². The van der Waals surface area contributed by atoms with Crippen molar-refractivity contribution < 1.29 is 9.63 Å². The monoisotopic (exact) mass is 365 g/mol. The van der Waals surface area contributed by atoms with Crippen LogP contribution in [0.4, 0.5) is 0 Å². The number of hydrogen-bond donors (Lipinski definition) is 1. The molecule has 1 unspecified atom stereocenters. The Labute approximate surface area is 158 Å². The minimum Gasteiger partial charge on any atom is -0.396 e. The summed E-state index contributed by atoms with van der Waals surface area (Å²) >= 11 is 0. The van der Waals surface area contributed by atoms with Gasteiger partial charge in [0.2, 0.25) is 11.7 Å². The number of hydrogen-bond acceptors (Lipinski definition) is 7. The molecule has 1 aliphatic rings. The van der Waals surface area contributed by atoms with E-state index in [0.29, 0.717) is 24.2 Å². The van der Waals surface area contributed by atoms with Gasteiger partial charge in [0, 0.05) is 30.5 Å². The van der Waals surface area contributed by atoms with Crippen LogP contribution in [0.3, 0.4) is 0 Å². The largest absolute Gasteiger partial charge is 0.396 e. The molecule has 140 valence electrons. The van der Waals surface area contributed by atoms with E-state index in [-0.39, 0.29) is 6.61 Å². The van der Waals surface area contributed by atoms with E-state index < -0.39 is 0 Å². The lowest BCUT2D eigenvalue weighted by atomic mass is 9.99. The highest BCUT2D eigenvalue weighted by Gasteiger charge is 2.21. The second kappa shape index (κ2) is 7.94. The van der Waals surface area contributed by atoms with Crippen molar-refractivity contribution in [3.05, 3.63) is 48.2 Å². The summed E-state index contributed by atoms with van der Waals surface area (Å²) < 4.78 is 5.44. The van der Waals surface area contributed by atoms with Gasteiger partial charge in [-0.05, 0) is 38.3 Å². The third-order valence-electron chi connectivity index (χ3n) is 4.90. The first-order valence-electron chi connectivity index (χ1n) is 9.27. The van der Waals surface area contributed by atoms with E-state index in [1.165, 1.54) is 0 Å². The summed E-state index contributed by atoms with van der Waals surface area (Å²) in [6.07, 6.45) is 3.94. The first-order chi connectivity index (χ1) is 13.2. The summed E-state index contributed by atoms with van der Waals surface area (Å²) in [6, 6.07) is 9.86. The fourth-order valence-corrected chi connectivity index (χ4v) is 3.48. The molecule has 3 heterocycles. The molecule has 0 spiro atoms. The van der Waals surface area contributed by atoms with Crippen LogP contribution in [0, 0.1) is 12.8 Å². The molecule has 1 N–H and O–H groups in total. The van der Waals surface area contributed by atoms with E-state index in [0.717, 1.165) is 48.6 Å². The molecule has 1 aromatic carbocycles. The predicted molar refractivity (Wildman–Crippen MR) is 101 cm³/mol. The summed E-state index contributed by atoms with van der Waals surface area (Å²) in [5.74, 6) is 2.30. The van der Waals surface area contributed by atoms with E-state index in [1.807, 2.05) is 37.3 Å². The highest BCUT2D eigenvalue weighted by molar-refractivity contribution is 5.64. The molecular formula is C20H23N5O2. The molecule has 1 atom stereocenters. The quantitative estimate of drug-likeness (QED) is 0.743. The van der Waals surface area contributed by atoms with E-state index >= 15 is 0 Å². The Bertz CT molecular complexity index is 893. The van der Waals surface area contributed by atoms with Gasteiger partial charge in [0.1, 0.15) is 5.82 Å². The maximum Gasteiger partial charge on any atom is 0.241 e. The van der Waals surface area contributed by atoms with Crippen LogP contribution >= 0.6 is 0 Å². The van der Waals surface area contributed by atoms with Gasteiger partial charge in [-0.25, -0.2) is 9.97 Å². The maximum absolute atomic E-state index is 9.36. The van der Waals surface area contributed by atoms with E-state index in [9.17, 15) is 5.11 Å². The Morgan fingerprint density at radius 1 is 1.15 bits per heavy atom. The van der Waals surface area contributed by atoms with Crippen molar-refractivity contribution in [3.63, 3.8) is 0 Å². The van der Waals surface area contributed by atoms with Crippen LogP contribution in [0.25, 0.3) is 22.6 Å². The van der Waals surface area contributed by atoms with Gasteiger partial charge in [-0.3, -0.25) is 4.90 Å². The second-order valence-electron chi connectivity index (χ2n) is 7.00. The van der Waals surface area contributed by atoms with Crippen LogP contribution in [-0.2, 0) is 6.54 Å². The van der Waals surface area contributed by atoms with E-state index in [2.05, 4.69) is 25.0 Å². The summed E-state index contributed by atoms with van der Waals surface area (Å²) in [6.45, 7) is 4.62. The smallest absolute Gasteiger partial charge is 0.241 e. The van der Waals surface area contributed by atoms with Crippen LogP contribution in [0.5, 0.6) is 0 Å². The van der Waals surface area contributed by atoms with Crippen molar-refractivity contribution in [2.24, 2.45) is 5.92 Å². The van der Waals surface area contributed by atoms with Gasteiger partial charge in [0.15, 0.2) is 0 Å². The average Bonchev–Trinajstić information content (AvgIpc) is 3.17. The molecule has 0 amide bonds. The van der Waals surface area contributed by atoms with Gasteiger partial charge in [-0.2, -0.15) is 4.98 Å². The molecule has 3 aromatic rings. The summed E-state index contributed by atoms with van der Waals surface area (Å²) in [5, 5.41) is 13.5. The molecule has 7 heteroatoms. The lowest BCUT2D eigenvalue weighted by Gasteiger charge is -2.30. The van der Waals surface area contributed by atoms with Crippen molar-refractivity contribution >= 4 is 0 Å². The zero-order valence-electron chi connectivity index (χ0n) is 15.4. The Kier molecular flexibility index (Phi) is 5.22. The standard InChI is InChI=1S/C20H23N5O2/c1-14-21-9-8-18(22-14)16-4-6-17(7-5-16)20-23-19(27-24-20)12-25-10-2-3-15(11-25)13-26/h4-9,15,26H,2-3,10-13H2,1H3. The zero-order valence-corrected chi connectivity index (χ0v) is 15.4. The number of likely N-dealkylation sites (tertiary alicyclic amines) is 1. The number of aliphatic hydroxyl groups is 1. The highest BCUT2D eigenvalue weighted by Crippen LogP contribution is 2.23. The lowest BCUT2D eigenvalue weighted by Crippen LogP contribution is -2.36. The Balaban J connectivity index is 1.45. The predicted octanol–water partition coefficient (Wildman–Crippen LogP) is 2.71. The summed E-state index contributed by atoms with van der Waals surface area (Å²) in [4.78, 5) is 15.4. The van der Waals surface area contributed by atoms with Crippen LogP contribution < -0.4 is 0 Å². The van der Waals surface area contributed by atoms with Crippen LogP contribution in [0.1, 0.15) is 24.6 Å². The van der Waals surface area contributed by atoms with Crippen molar-refractivity contribution in [3.8, 4) is 22.6 Å². The number of nitrogens with zero attached hydrogens (tertiary/aromatic N) is 5.